The minimum absolute atomic E-state index is 0.338. The van der Waals surface area contributed by atoms with Crippen molar-refractivity contribution in [2.75, 3.05) is 19.8 Å². The van der Waals surface area contributed by atoms with Gasteiger partial charge in [-0.25, -0.2) is 4.79 Å². The van der Waals surface area contributed by atoms with Crippen LogP contribution in [-0.2, 0) is 23.2 Å². The van der Waals surface area contributed by atoms with Crippen LogP contribution in [0.2, 0.25) is 0 Å². The van der Waals surface area contributed by atoms with E-state index in [0.717, 1.165) is 0 Å². The standard InChI is InChI=1S/C8H16NO4P.C2HF3O2/c1-3-11-14(10,12-4-2)8-6-5-7-9-13-8;3-2(4,5)1(6)7/h5-6,8-9H,3-4,7H2,1-2H3;(H,6,7). The Balaban J connectivity index is 0.000000486. The van der Waals surface area contributed by atoms with Gasteiger partial charge in [-0.3, -0.25) is 9.40 Å². The molecule has 0 aromatic rings. The van der Waals surface area contributed by atoms with E-state index in [4.69, 9.17) is 23.8 Å². The predicted molar refractivity (Wildman–Crippen MR) is 66.6 cm³/mol. The summed E-state index contributed by atoms with van der Waals surface area (Å²) < 4.78 is 54.1. The fourth-order valence-electron chi connectivity index (χ4n) is 1.12. The summed E-state index contributed by atoms with van der Waals surface area (Å²) in [7, 11) is -3.17. The molecule has 0 aromatic heterocycles. The highest BCUT2D eigenvalue weighted by Gasteiger charge is 2.38. The number of carboxylic acid groups (broad SMARTS) is 1. The fourth-order valence-corrected chi connectivity index (χ4v) is 2.74. The van der Waals surface area contributed by atoms with E-state index in [1.165, 1.54) is 0 Å². The molecule has 7 nitrogen and oxygen atoms in total. The van der Waals surface area contributed by atoms with Crippen molar-refractivity contribution >= 4 is 13.6 Å². The molecule has 0 aromatic carbocycles. The molecule has 0 saturated carbocycles. The second kappa shape index (κ2) is 9.16. The smallest absolute Gasteiger partial charge is 0.475 e. The number of hydrogen-bond donors (Lipinski definition) is 2. The summed E-state index contributed by atoms with van der Waals surface area (Å²) in [5.74, 6) is -3.40. The lowest BCUT2D eigenvalue weighted by Crippen LogP contribution is -2.28. The van der Waals surface area contributed by atoms with E-state index in [1.807, 2.05) is 6.08 Å². The lowest BCUT2D eigenvalue weighted by atomic mass is 10.5. The van der Waals surface area contributed by atoms with Gasteiger partial charge in [0.05, 0.1) is 13.2 Å². The van der Waals surface area contributed by atoms with Crippen LogP contribution in [0.1, 0.15) is 13.8 Å². The maximum Gasteiger partial charge on any atom is 0.490 e. The second-order valence-corrected chi connectivity index (χ2v) is 5.57. The van der Waals surface area contributed by atoms with Gasteiger partial charge < -0.3 is 14.2 Å². The molecule has 0 amide bonds. The first-order chi connectivity index (χ1) is 9.67. The molecule has 1 atom stereocenters. The largest absolute Gasteiger partial charge is 0.490 e. The van der Waals surface area contributed by atoms with Crippen molar-refractivity contribution in [3.63, 3.8) is 0 Å². The highest BCUT2D eigenvalue weighted by atomic mass is 31.2. The number of aliphatic carboxylic acids is 1. The summed E-state index contributed by atoms with van der Waals surface area (Å²) in [6, 6.07) is 0. The van der Waals surface area contributed by atoms with E-state index < -0.39 is 25.6 Å². The van der Waals surface area contributed by atoms with Gasteiger partial charge in [-0.05, 0) is 19.9 Å². The normalized spacial score (nSPS) is 18.8. The van der Waals surface area contributed by atoms with Gasteiger partial charge in [0.2, 0.25) is 0 Å². The van der Waals surface area contributed by atoms with E-state index in [0.29, 0.717) is 19.8 Å². The maximum atomic E-state index is 12.1. The van der Waals surface area contributed by atoms with E-state index >= 15 is 0 Å². The minimum atomic E-state index is -5.08. The van der Waals surface area contributed by atoms with E-state index in [9.17, 15) is 17.7 Å². The second-order valence-electron chi connectivity index (χ2n) is 3.46. The Labute approximate surface area is 119 Å². The van der Waals surface area contributed by atoms with Gasteiger partial charge in [-0.1, -0.05) is 6.08 Å². The van der Waals surface area contributed by atoms with Crippen LogP contribution in [0.3, 0.4) is 0 Å². The topological polar surface area (TPSA) is 94.1 Å². The van der Waals surface area contributed by atoms with Crippen LogP contribution in [0.5, 0.6) is 0 Å². The molecule has 2 N–H and O–H groups in total. The van der Waals surface area contributed by atoms with Crippen LogP contribution < -0.4 is 5.48 Å². The zero-order valence-electron chi connectivity index (χ0n) is 11.4. The van der Waals surface area contributed by atoms with Crippen LogP contribution in [0.4, 0.5) is 13.2 Å². The summed E-state index contributed by atoms with van der Waals surface area (Å²) >= 11 is 0. The van der Waals surface area contributed by atoms with Crippen molar-refractivity contribution in [2.24, 2.45) is 0 Å². The van der Waals surface area contributed by atoms with E-state index in [-0.39, 0.29) is 0 Å². The van der Waals surface area contributed by atoms with Gasteiger partial charge >= 0.3 is 19.7 Å². The Morgan fingerprint density at radius 1 is 1.43 bits per heavy atom. The molecule has 1 aliphatic rings. The number of rotatable bonds is 5. The average molecular weight is 335 g/mol. The van der Waals surface area contributed by atoms with Crippen molar-refractivity contribution in [1.29, 1.82) is 0 Å². The molecule has 1 unspecified atom stereocenters. The summed E-state index contributed by atoms with van der Waals surface area (Å²) in [6.45, 7) is 4.82. The summed E-state index contributed by atoms with van der Waals surface area (Å²) in [4.78, 5) is 14.0. The zero-order chi connectivity index (χ0) is 16.5. The van der Waals surface area contributed by atoms with Crippen LogP contribution in [-0.4, -0.2) is 42.9 Å². The van der Waals surface area contributed by atoms with Gasteiger partial charge in [0.1, 0.15) is 0 Å². The van der Waals surface area contributed by atoms with Crippen molar-refractivity contribution in [3.05, 3.63) is 12.2 Å². The van der Waals surface area contributed by atoms with Crippen molar-refractivity contribution in [1.82, 2.24) is 5.48 Å². The number of halogens is 3. The van der Waals surface area contributed by atoms with Crippen molar-refractivity contribution in [3.8, 4) is 0 Å². The molecule has 0 spiro atoms. The molecule has 1 rings (SSSR count). The Hall–Kier alpha value is -0.930. The number of nitrogens with one attached hydrogen (secondary N) is 1. The first kappa shape index (κ1) is 20.1. The van der Waals surface area contributed by atoms with Crippen LogP contribution in [0.15, 0.2) is 12.2 Å². The molecule has 0 fully saturated rings. The van der Waals surface area contributed by atoms with Gasteiger partial charge in [0, 0.05) is 6.54 Å². The molecule has 0 radical (unpaired) electrons. The average Bonchev–Trinajstić information content (AvgIpc) is 2.40. The molecule has 1 heterocycles. The fraction of sp³-hybridized carbons (Fsp3) is 0.700. The van der Waals surface area contributed by atoms with Gasteiger partial charge in [-0.15, -0.1) is 0 Å². The Morgan fingerprint density at radius 3 is 2.19 bits per heavy atom. The maximum absolute atomic E-state index is 12.1. The quantitative estimate of drug-likeness (QED) is 0.588. The van der Waals surface area contributed by atoms with E-state index in [2.05, 4.69) is 5.48 Å². The molecule has 11 heteroatoms. The minimum Gasteiger partial charge on any atom is -0.475 e. The van der Waals surface area contributed by atoms with Gasteiger partial charge in [-0.2, -0.15) is 18.7 Å². The SMILES string of the molecule is CCOP(=O)(OCC)C1C=CCNO1.O=C(O)C(F)(F)F. The molecule has 1 aliphatic heterocycles. The van der Waals surface area contributed by atoms with Gasteiger partial charge in [0.15, 0.2) is 5.85 Å². The first-order valence-electron chi connectivity index (χ1n) is 5.91. The van der Waals surface area contributed by atoms with Crippen molar-refractivity contribution < 1.29 is 41.5 Å². The number of hydrogen-bond acceptors (Lipinski definition) is 6. The highest BCUT2D eigenvalue weighted by Crippen LogP contribution is 2.53. The molecular weight excluding hydrogens is 318 g/mol. The third-order valence-electron chi connectivity index (χ3n) is 1.88. The van der Waals surface area contributed by atoms with Gasteiger partial charge in [0.25, 0.3) is 0 Å². The molecular formula is C10H17F3NO6P. The number of carbonyl (C=O) groups is 1. The molecule has 21 heavy (non-hydrogen) atoms. The summed E-state index contributed by atoms with van der Waals surface area (Å²) in [5.41, 5.74) is 2.64. The third kappa shape index (κ3) is 7.58. The summed E-state index contributed by atoms with van der Waals surface area (Å²) in [6.07, 6.45) is -1.55. The zero-order valence-corrected chi connectivity index (χ0v) is 12.3. The predicted octanol–water partition coefficient (Wildman–Crippen LogP) is 2.30. The van der Waals surface area contributed by atoms with Crippen LogP contribution >= 0.6 is 7.60 Å². The Kier molecular flexibility index (Phi) is 8.76. The summed E-state index contributed by atoms with van der Waals surface area (Å²) in [5, 5.41) is 7.12. The Bertz CT molecular complexity index is 391. The number of carboxylic acids is 1. The lowest BCUT2D eigenvalue weighted by Gasteiger charge is -2.25. The van der Waals surface area contributed by atoms with Crippen molar-refractivity contribution in [2.45, 2.75) is 25.9 Å². The Morgan fingerprint density at radius 2 is 1.90 bits per heavy atom. The molecule has 124 valence electrons. The highest BCUT2D eigenvalue weighted by molar-refractivity contribution is 7.54. The molecule has 0 bridgehead atoms. The number of alkyl halides is 3. The lowest BCUT2D eigenvalue weighted by molar-refractivity contribution is -0.192. The third-order valence-corrected chi connectivity index (χ3v) is 4.02. The van der Waals surface area contributed by atoms with Crippen LogP contribution in [0.25, 0.3) is 0 Å². The molecule has 0 saturated heterocycles. The van der Waals surface area contributed by atoms with Crippen LogP contribution in [0, 0.1) is 0 Å². The monoisotopic (exact) mass is 335 g/mol. The molecule has 0 aliphatic carbocycles. The van der Waals surface area contributed by atoms with E-state index in [1.54, 1.807) is 19.9 Å². The first-order valence-corrected chi connectivity index (χ1v) is 7.52. The number of hydroxylamine groups is 1.